The molecule has 0 fully saturated rings. The first-order chi connectivity index (χ1) is 4.83. The predicted molar refractivity (Wildman–Crippen MR) is 53.9 cm³/mol. The van der Waals surface area contributed by atoms with Crippen molar-refractivity contribution in [2.75, 3.05) is 49.0 Å². The fourth-order valence-electron chi connectivity index (χ4n) is 1.07. The van der Waals surface area contributed by atoms with Gasteiger partial charge in [-0.25, -0.2) is 0 Å². The molecule has 12 heavy (non-hydrogen) atoms. The number of halogens is 1. The number of nitrogens with zero attached hydrogens (tertiary/aromatic N) is 3. The van der Waals surface area contributed by atoms with Crippen molar-refractivity contribution < 1.29 is 24.0 Å². The summed E-state index contributed by atoms with van der Waals surface area (Å²) in [4.78, 5) is 0. The molecule has 0 bridgehead atoms. The van der Waals surface area contributed by atoms with Crippen LogP contribution < -0.4 is 24.0 Å². The van der Waals surface area contributed by atoms with Gasteiger partial charge in [0.1, 0.15) is 0 Å². The van der Waals surface area contributed by atoms with Gasteiger partial charge in [0.25, 0.3) is 0 Å². The second-order valence-corrected chi connectivity index (χ2v) is 7.55. The minimum absolute atomic E-state index is 0. The minimum Gasteiger partial charge on any atom is -1.00 e. The molecular formula is C7H21IN3P. The van der Waals surface area contributed by atoms with Gasteiger partial charge in [-0.2, -0.15) is 14.0 Å². The van der Waals surface area contributed by atoms with Crippen LogP contribution in [-0.2, 0) is 0 Å². The van der Waals surface area contributed by atoms with E-state index in [1.54, 1.807) is 0 Å². The number of hydrogen-bond acceptors (Lipinski definition) is 3. The molecule has 0 aliphatic rings. The van der Waals surface area contributed by atoms with Crippen LogP contribution in [0.1, 0.15) is 0 Å². The SMILES string of the molecule is CN(C)[P+](C)(N(C)C)N(C)C.[I-]. The highest BCUT2D eigenvalue weighted by Crippen LogP contribution is 2.59. The van der Waals surface area contributed by atoms with Gasteiger partial charge >= 0.3 is 0 Å². The van der Waals surface area contributed by atoms with Crippen molar-refractivity contribution in [2.24, 2.45) is 0 Å². The van der Waals surface area contributed by atoms with Crippen molar-refractivity contribution in [3.63, 3.8) is 0 Å². The molecule has 0 N–H and O–H groups in total. The van der Waals surface area contributed by atoms with Crippen LogP contribution in [0, 0.1) is 0 Å². The third kappa shape index (κ3) is 3.07. The largest absolute Gasteiger partial charge is 1.00 e. The molecule has 0 aromatic heterocycles. The van der Waals surface area contributed by atoms with Gasteiger partial charge in [0, 0.05) is 42.3 Å². The summed E-state index contributed by atoms with van der Waals surface area (Å²) >= 11 is 0. The molecule has 0 heterocycles. The topological polar surface area (TPSA) is 9.72 Å². The molecule has 0 amide bonds. The Balaban J connectivity index is 0. The minimum atomic E-state index is -1.19. The van der Waals surface area contributed by atoms with Crippen molar-refractivity contribution in [1.29, 1.82) is 0 Å². The van der Waals surface area contributed by atoms with Crippen LogP contribution in [0.25, 0.3) is 0 Å². The quantitative estimate of drug-likeness (QED) is 0.444. The number of rotatable bonds is 3. The summed E-state index contributed by atoms with van der Waals surface area (Å²) < 4.78 is 6.90. The summed E-state index contributed by atoms with van der Waals surface area (Å²) in [6, 6.07) is 0. The maximum absolute atomic E-state index is 2.30. The standard InChI is InChI=1S/C7H21N3P.HI/c1-8(2)11(7,9(3)4)10(5)6;/h1-7H3;1H/q+1;/p-1. The molecule has 0 atom stereocenters. The summed E-state index contributed by atoms with van der Waals surface area (Å²) in [5, 5.41) is 0. The highest BCUT2D eigenvalue weighted by molar-refractivity contribution is 7.68. The van der Waals surface area contributed by atoms with Gasteiger partial charge in [-0.05, 0) is 0 Å². The maximum Gasteiger partial charge on any atom is 0.222 e. The Hall–Kier alpha value is 1.04. The van der Waals surface area contributed by atoms with E-state index in [1.165, 1.54) is 0 Å². The summed E-state index contributed by atoms with van der Waals surface area (Å²) in [6.45, 7) is 2.30. The molecular weight excluding hydrogens is 284 g/mol. The van der Waals surface area contributed by atoms with Crippen LogP contribution in [0.5, 0.6) is 0 Å². The van der Waals surface area contributed by atoms with Gasteiger partial charge in [-0.1, -0.05) is 0 Å². The highest BCUT2D eigenvalue weighted by Gasteiger charge is 2.41. The van der Waals surface area contributed by atoms with Gasteiger partial charge in [0.15, 0.2) is 0 Å². The van der Waals surface area contributed by atoms with Crippen LogP contribution in [0.4, 0.5) is 0 Å². The maximum atomic E-state index is 2.30. The van der Waals surface area contributed by atoms with E-state index in [9.17, 15) is 0 Å². The summed E-state index contributed by atoms with van der Waals surface area (Å²) in [5.41, 5.74) is 0. The third-order valence-electron chi connectivity index (χ3n) is 2.27. The molecule has 0 unspecified atom stereocenters. The second-order valence-electron chi connectivity index (χ2n) is 3.41. The van der Waals surface area contributed by atoms with Crippen molar-refractivity contribution in [3.8, 4) is 0 Å². The Morgan fingerprint density at radius 2 is 0.833 bits per heavy atom. The monoisotopic (exact) mass is 305 g/mol. The van der Waals surface area contributed by atoms with E-state index >= 15 is 0 Å². The lowest BCUT2D eigenvalue weighted by Gasteiger charge is -2.36. The average Bonchev–Trinajstić information content (AvgIpc) is 1.84. The zero-order valence-electron chi connectivity index (χ0n) is 9.17. The van der Waals surface area contributed by atoms with Crippen molar-refractivity contribution in [3.05, 3.63) is 0 Å². The fraction of sp³-hybridized carbons (Fsp3) is 1.00. The highest BCUT2D eigenvalue weighted by atomic mass is 127. The molecule has 0 radical (unpaired) electrons. The molecule has 0 rings (SSSR count). The van der Waals surface area contributed by atoms with E-state index in [4.69, 9.17) is 0 Å². The van der Waals surface area contributed by atoms with E-state index in [0.717, 1.165) is 0 Å². The molecule has 76 valence electrons. The average molecular weight is 305 g/mol. The van der Waals surface area contributed by atoms with E-state index < -0.39 is 7.71 Å². The van der Waals surface area contributed by atoms with Gasteiger partial charge in [0.2, 0.25) is 7.71 Å². The second kappa shape index (κ2) is 5.70. The first kappa shape index (κ1) is 15.5. The molecule has 0 aromatic carbocycles. The molecule has 0 aromatic rings. The van der Waals surface area contributed by atoms with E-state index in [0.29, 0.717) is 0 Å². The zero-order chi connectivity index (χ0) is 9.23. The Bertz CT molecular complexity index is 106. The van der Waals surface area contributed by atoms with Gasteiger partial charge in [-0.3, -0.25) is 0 Å². The Morgan fingerprint density at radius 3 is 0.833 bits per heavy atom. The first-order valence-corrected chi connectivity index (χ1v) is 5.82. The first-order valence-electron chi connectivity index (χ1n) is 3.73. The van der Waals surface area contributed by atoms with E-state index in [2.05, 4.69) is 63.0 Å². The van der Waals surface area contributed by atoms with Crippen LogP contribution in [0.3, 0.4) is 0 Å². The Labute approximate surface area is 94.6 Å². The molecule has 3 nitrogen and oxygen atoms in total. The third-order valence-corrected chi connectivity index (χ3v) is 6.82. The van der Waals surface area contributed by atoms with E-state index in [-0.39, 0.29) is 24.0 Å². The summed E-state index contributed by atoms with van der Waals surface area (Å²) in [5.74, 6) is 0. The van der Waals surface area contributed by atoms with Crippen LogP contribution in [0.2, 0.25) is 0 Å². The van der Waals surface area contributed by atoms with Crippen molar-refractivity contribution in [1.82, 2.24) is 14.0 Å². The molecule has 0 saturated heterocycles. The Morgan fingerprint density at radius 1 is 0.667 bits per heavy atom. The van der Waals surface area contributed by atoms with Crippen LogP contribution in [0.15, 0.2) is 0 Å². The van der Waals surface area contributed by atoms with Crippen molar-refractivity contribution >= 4 is 7.71 Å². The smallest absolute Gasteiger partial charge is 0.222 e. The van der Waals surface area contributed by atoms with Crippen LogP contribution >= 0.6 is 7.71 Å². The predicted octanol–water partition coefficient (Wildman–Crippen LogP) is -1.93. The van der Waals surface area contributed by atoms with Gasteiger partial charge in [0.05, 0.1) is 6.66 Å². The zero-order valence-corrected chi connectivity index (χ0v) is 12.2. The van der Waals surface area contributed by atoms with E-state index in [1.807, 2.05) is 0 Å². The molecule has 0 aliphatic carbocycles. The van der Waals surface area contributed by atoms with Crippen LogP contribution in [-0.4, -0.2) is 63.0 Å². The lowest BCUT2D eigenvalue weighted by atomic mass is 11.2. The fourth-order valence-corrected chi connectivity index (χ4v) is 3.22. The van der Waals surface area contributed by atoms with Gasteiger partial charge in [-0.15, -0.1) is 0 Å². The molecule has 0 spiro atoms. The molecule has 5 heteroatoms. The summed E-state index contributed by atoms with van der Waals surface area (Å²) in [6.07, 6.45) is 0. The normalized spacial score (nSPS) is 12.5. The van der Waals surface area contributed by atoms with Gasteiger partial charge < -0.3 is 24.0 Å². The Kier molecular flexibility index (Phi) is 7.37. The number of hydrogen-bond donors (Lipinski definition) is 0. The molecule has 0 aliphatic heterocycles. The van der Waals surface area contributed by atoms with Crippen molar-refractivity contribution in [2.45, 2.75) is 0 Å². The summed E-state index contributed by atoms with van der Waals surface area (Å²) in [7, 11) is 11.6. The lowest BCUT2D eigenvalue weighted by molar-refractivity contribution is -0.00000274. The molecule has 0 saturated carbocycles. The lowest BCUT2D eigenvalue weighted by Crippen LogP contribution is -3.00.